The Morgan fingerprint density at radius 3 is 2.94 bits per heavy atom. The van der Waals surface area contributed by atoms with Gasteiger partial charge in [-0.2, -0.15) is 0 Å². The zero-order valence-corrected chi connectivity index (χ0v) is 11.1. The van der Waals surface area contributed by atoms with E-state index in [1.165, 1.54) is 11.8 Å². The minimum atomic E-state index is 0.443. The van der Waals surface area contributed by atoms with Crippen LogP contribution in [0.15, 0.2) is 21.8 Å². The third-order valence-electron chi connectivity index (χ3n) is 2.28. The number of nitrogens with zero attached hydrogens (tertiary/aromatic N) is 3. The van der Waals surface area contributed by atoms with Gasteiger partial charge in [0, 0.05) is 12.5 Å². The van der Waals surface area contributed by atoms with Crippen LogP contribution in [0, 0.1) is 0 Å². The molecule has 0 atom stereocenters. The van der Waals surface area contributed by atoms with Crippen molar-refractivity contribution in [1.29, 1.82) is 0 Å². The summed E-state index contributed by atoms with van der Waals surface area (Å²) in [6.45, 7) is 2.50. The molecule has 3 N–H and O–H groups in total. The molecule has 6 nitrogen and oxygen atoms in total. The third kappa shape index (κ3) is 3.13. The molecule has 0 aliphatic heterocycles. The molecule has 7 heteroatoms. The highest BCUT2D eigenvalue weighted by Crippen LogP contribution is 2.16. The first-order valence-electron chi connectivity index (χ1n) is 5.57. The third-order valence-corrected chi connectivity index (χ3v) is 2.83. The Labute approximate surface area is 109 Å². The summed E-state index contributed by atoms with van der Waals surface area (Å²) in [4.78, 5) is 12.5. The number of hydrogen-bond donors (Lipinski definition) is 2. The van der Waals surface area contributed by atoms with Gasteiger partial charge in [0.05, 0.1) is 12.7 Å². The van der Waals surface area contributed by atoms with Crippen LogP contribution >= 0.6 is 11.8 Å². The molecule has 0 bridgehead atoms. The first kappa shape index (κ1) is 12.7. The van der Waals surface area contributed by atoms with Gasteiger partial charge in [-0.25, -0.2) is 15.0 Å². The van der Waals surface area contributed by atoms with Crippen LogP contribution in [0.4, 0.5) is 11.6 Å². The van der Waals surface area contributed by atoms with E-state index in [2.05, 4.69) is 20.3 Å². The first-order valence-corrected chi connectivity index (χ1v) is 6.79. The van der Waals surface area contributed by atoms with Gasteiger partial charge >= 0.3 is 0 Å². The Kier molecular flexibility index (Phi) is 4.03. The number of rotatable bonds is 5. The van der Waals surface area contributed by atoms with Crippen molar-refractivity contribution in [3.8, 4) is 0 Å². The maximum atomic E-state index is 5.69. The van der Waals surface area contributed by atoms with Crippen molar-refractivity contribution < 1.29 is 4.42 Å². The standard InChI is InChI=1S/C11H15N5OS/c1-3-7-5-14-10(17-7)6-13-9-4-8(12)15-11(16-9)18-2/h4-5H,3,6H2,1-2H3,(H3,12,13,15,16). The number of anilines is 2. The number of thioether (sulfide) groups is 1. The van der Waals surface area contributed by atoms with Crippen molar-refractivity contribution in [2.75, 3.05) is 17.3 Å². The van der Waals surface area contributed by atoms with Crippen LogP contribution < -0.4 is 11.1 Å². The fraction of sp³-hybridized carbons (Fsp3) is 0.364. The molecule has 0 aliphatic carbocycles. The minimum absolute atomic E-state index is 0.443. The highest BCUT2D eigenvalue weighted by atomic mass is 32.2. The molecule has 0 fully saturated rings. The summed E-state index contributed by atoms with van der Waals surface area (Å²) >= 11 is 1.45. The van der Waals surface area contributed by atoms with E-state index in [0.717, 1.165) is 12.2 Å². The van der Waals surface area contributed by atoms with Gasteiger partial charge in [0.1, 0.15) is 17.4 Å². The average molecular weight is 265 g/mol. The molecule has 2 aromatic heterocycles. The van der Waals surface area contributed by atoms with Crippen LogP contribution in [0.3, 0.4) is 0 Å². The monoisotopic (exact) mass is 265 g/mol. The summed E-state index contributed by atoms with van der Waals surface area (Å²) in [5.74, 6) is 2.62. The molecule has 96 valence electrons. The predicted octanol–water partition coefficient (Wildman–Crippen LogP) is 1.94. The number of nitrogens with two attached hydrogens (primary N) is 1. The SMILES string of the molecule is CCc1cnc(CNc2cc(N)nc(SC)n2)o1. The van der Waals surface area contributed by atoms with Crippen molar-refractivity contribution in [1.82, 2.24) is 15.0 Å². The first-order chi connectivity index (χ1) is 8.71. The van der Waals surface area contributed by atoms with Gasteiger partial charge < -0.3 is 15.5 Å². The van der Waals surface area contributed by atoms with Gasteiger partial charge in [-0.1, -0.05) is 18.7 Å². The molecule has 0 unspecified atom stereocenters. The van der Waals surface area contributed by atoms with E-state index in [9.17, 15) is 0 Å². The van der Waals surface area contributed by atoms with Crippen molar-refractivity contribution in [2.24, 2.45) is 0 Å². The molecule has 18 heavy (non-hydrogen) atoms. The Morgan fingerprint density at radius 1 is 1.44 bits per heavy atom. The zero-order chi connectivity index (χ0) is 13.0. The maximum Gasteiger partial charge on any atom is 0.213 e. The molecule has 0 aliphatic rings. The smallest absolute Gasteiger partial charge is 0.213 e. The molecular weight excluding hydrogens is 250 g/mol. The van der Waals surface area contributed by atoms with E-state index in [4.69, 9.17) is 10.2 Å². The van der Waals surface area contributed by atoms with E-state index in [-0.39, 0.29) is 0 Å². The van der Waals surface area contributed by atoms with E-state index in [1.54, 1.807) is 12.3 Å². The molecule has 2 aromatic rings. The maximum absolute atomic E-state index is 5.69. The molecule has 0 radical (unpaired) electrons. The molecule has 0 spiro atoms. The van der Waals surface area contributed by atoms with E-state index < -0.39 is 0 Å². The van der Waals surface area contributed by atoms with Crippen LogP contribution in [0.5, 0.6) is 0 Å². The lowest BCUT2D eigenvalue weighted by molar-refractivity contribution is 0.465. The summed E-state index contributed by atoms with van der Waals surface area (Å²) < 4.78 is 5.49. The van der Waals surface area contributed by atoms with Crippen LogP contribution in [-0.2, 0) is 13.0 Å². The fourth-order valence-electron chi connectivity index (χ4n) is 1.38. The quantitative estimate of drug-likeness (QED) is 0.630. The Balaban J connectivity index is 2.03. The zero-order valence-electron chi connectivity index (χ0n) is 10.3. The second kappa shape index (κ2) is 5.72. The minimum Gasteiger partial charge on any atom is -0.444 e. The number of oxazole rings is 1. The van der Waals surface area contributed by atoms with E-state index >= 15 is 0 Å². The number of aryl methyl sites for hydroxylation is 1. The van der Waals surface area contributed by atoms with E-state index in [0.29, 0.717) is 29.2 Å². The number of nitrogens with one attached hydrogen (secondary N) is 1. The topological polar surface area (TPSA) is 89.9 Å². The highest BCUT2D eigenvalue weighted by molar-refractivity contribution is 7.98. The molecule has 2 heterocycles. The lowest BCUT2D eigenvalue weighted by atomic mass is 10.4. The number of hydrogen-bond acceptors (Lipinski definition) is 7. The highest BCUT2D eigenvalue weighted by Gasteiger charge is 2.05. The van der Waals surface area contributed by atoms with Crippen LogP contribution in [0.1, 0.15) is 18.6 Å². The molecule has 0 aromatic carbocycles. The summed E-state index contributed by atoms with van der Waals surface area (Å²) in [5.41, 5.74) is 5.69. The van der Waals surface area contributed by atoms with Crippen molar-refractivity contribution >= 4 is 23.4 Å². The second-order valence-electron chi connectivity index (χ2n) is 3.59. The molecule has 0 saturated heterocycles. The Hall–Kier alpha value is -1.76. The van der Waals surface area contributed by atoms with Gasteiger partial charge in [-0.15, -0.1) is 0 Å². The lowest BCUT2D eigenvalue weighted by Gasteiger charge is -2.05. The van der Waals surface area contributed by atoms with Crippen molar-refractivity contribution in [3.63, 3.8) is 0 Å². The Morgan fingerprint density at radius 2 is 2.28 bits per heavy atom. The van der Waals surface area contributed by atoms with Gasteiger partial charge in [0.2, 0.25) is 5.89 Å². The summed E-state index contributed by atoms with van der Waals surface area (Å²) in [7, 11) is 0. The average Bonchev–Trinajstić information content (AvgIpc) is 2.83. The van der Waals surface area contributed by atoms with Crippen molar-refractivity contribution in [2.45, 2.75) is 25.0 Å². The summed E-state index contributed by atoms with van der Waals surface area (Å²) in [5, 5.41) is 3.75. The number of aromatic nitrogens is 3. The second-order valence-corrected chi connectivity index (χ2v) is 4.37. The van der Waals surface area contributed by atoms with Crippen LogP contribution in [0.2, 0.25) is 0 Å². The van der Waals surface area contributed by atoms with Gasteiger partial charge in [-0.3, -0.25) is 0 Å². The Bertz CT molecular complexity index is 528. The van der Waals surface area contributed by atoms with Crippen LogP contribution in [-0.4, -0.2) is 21.2 Å². The number of nitrogen functional groups attached to an aromatic ring is 1. The van der Waals surface area contributed by atoms with Gasteiger partial charge in [0.25, 0.3) is 0 Å². The normalized spacial score (nSPS) is 10.6. The van der Waals surface area contributed by atoms with Gasteiger partial charge in [0.15, 0.2) is 5.16 Å². The molecule has 2 rings (SSSR count). The van der Waals surface area contributed by atoms with Gasteiger partial charge in [-0.05, 0) is 6.26 Å². The molecule has 0 saturated carbocycles. The van der Waals surface area contributed by atoms with Crippen molar-refractivity contribution in [3.05, 3.63) is 23.9 Å². The summed E-state index contributed by atoms with van der Waals surface area (Å²) in [6, 6.07) is 1.68. The van der Waals surface area contributed by atoms with Crippen LogP contribution in [0.25, 0.3) is 0 Å². The fourth-order valence-corrected chi connectivity index (χ4v) is 1.77. The predicted molar refractivity (Wildman–Crippen MR) is 71.4 cm³/mol. The summed E-state index contributed by atoms with van der Waals surface area (Å²) in [6.07, 6.45) is 4.48. The largest absolute Gasteiger partial charge is 0.444 e. The lowest BCUT2D eigenvalue weighted by Crippen LogP contribution is -2.04. The molecule has 0 amide bonds. The molecular formula is C11H15N5OS. The van der Waals surface area contributed by atoms with E-state index in [1.807, 2.05) is 13.2 Å².